The van der Waals surface area contributed by atoms with Crippen molar-refractivity contribution in [2.45, 2.75) is 63.1 Å². The number of nitrogens with zero attached hydrogens (tertiary/aromatic N) is 3. The summed E-state index contributed by atoms with van der Waals surface area (Å²) in [6, 6.07) is 1.60. The predicted molar refractivity (Wildman–Crippen MR) is 108 cm³/mol. The number of hydrogen-bond acceptors (Lipinski definition) is 4. The Kier molecular flexibility index (Phi) is 7.62. The van der Waals surface area contributed by atoms with Gasteiger partial charge in [0.2, 0.25) is 5.91 Å². The van der Waals surface area contributed by atoms with Gasteiger partial charge in [0.05, 0.1) is 11.9 Å². The van der Waals surface area contributed by atoms with E-state index < -0.39 is 0 Å². The van der Waals surface area contributed by atoms with Gasteiger partial charge in [0.15, 0.2) is 0 Å². The molecule has 3 atom stereocenters. The number of hydrogen-bond donors (Lipinski definition) is 2. The maximum absolute atomic E-state index is 12.5. The first kappa shape index (κ1) is 21.3. The monoisotopic (exact) mass is 403 g/mol. The highest BCUT2D eigenvalue weighted by atomic mass is 35.5. The van der Waals surface area contributed by atoms with E-state index >= 15 is 0 Å². The fourth-order valence-electron chi connectivity index (χ4n) is 4.79. The number of aryl methyl sites for hydroxylation is 1. The topological polar surface area (TPSA) is 62.2 Å². The lowest BCUT2D eigenvalue weighted by atomic mass is 9.89. The van der Waals surface area contributed by atoms with Gasteiger partial charge in [-0.3, -0.25) is 9.48 Å². The second-order valence-electron chi connectivity index (χ2n) is 7.90. The molecule has 3 saturated heterocycles. The minimum atomic E-state index is 0. The quantitative estimate of drug-likeness (QED) is 0.808. The first-order chi connectivity index (χ1) is 11.7. The van der Waals surface area contributed by atoms with Gasteiger partial charge in [-0.05, 0) is 44.4 Å². The van der Waals surface area contributed by atoms with Crippen LogP contribution in [0, 0.1) is 5.92 Å². The third kappa shape index (κ3) is 5.05. The third-order valence-corrected chi connectivity index (χ3v) is 5.89. The number of aromatic nitrogens is 2. The van der Waals surface area contributed by atoms with Gasteiger partial charge in [0.1, 0.15) is 0 Å². The van der Waals surface area contributed by atoms with Crippen molar-refractivity contribution in [3.63, 3.8) is 0 Å². The zero-order chi connectivity index (χ0) is 16.5. The summed E-state index contributed by atoms with van der Waals surface area (Å²) in [6.45, 7) is 1.95. The highest BCUT2D eigenvalue weighted by molar-refractivity contribution is 5.85. The Morgan fingerprint density at radius 2 is 2.00 bits per heavy atom. The van der Waals surface area contributed by atoms with Gasteiger partial charge < -0.3 is 15.5 Å². The van der Waals surface area contributed by atoms with Crippen LogP contribution in [0.3, 0.4) is 0 Å². The molecular weight excluding hydrogens is 373 g/mol. The van der Waals surface area contributed by atoms with Crippen LogP contribution in [0.25, 0.3) is 0 Å². The van der Waals surface area contributed by atoms with Gasteiger partial charge >= 0.3 is 0 Å². The molecule has 0 aliphatic carbocycles. The van der Waals surface area contributed by atoms with Gasteiger partial charge in [-0.25, -0.2) is 0 Å². The zero-order valence-electron chi connectivity index (χ0n) is 15.4. The molecule has 4 heterocycles. The molecule has 26 heavy (non-hydrogen) atoms. The summed E-state index contributed by atoms with van der Waals surface area (Å²) < 4.78 is 1.84. The minimum absolute atomic E-state index is 0. The average molecular weight is 404 g/mol. The van der Waals surface area contributed by atoms with Crippen LogP contribution in [0.2, 0.25) is 0 Å². The van der Waals surface area contributed by atoms with Crippen LogP contribution >= 0.6 is 24.8 Å². The van der Waals surface area contributed by atoms with Crippen molar-refractivity contribution < 1.29 is 4.79 Å². The van der Waals surface area contributed by atoms with Gasteiger partial charge in [-0.1, -0.05) is 0 Å². The summed E-state index contributed by atoms with van der Waals surface area (Å²) >= 11 is 0. The number of anilines is 1. The van der Waals surface area contributed by atoms with Gasteiger partial charge in [0.25, 0.3) is 0 Å². The fourth-order valence-corrected chi connectivity index (χ4v) is 4.79. The highest BCUT2D eigenvalue weighted by Gasteiger charge is 2.34. The summed E-state index contributed by atoms with van der Waals surface area (Å²) in [5.74, 6) is 0.820. The van der Waals surface area contributed by atoms with Crippen molar-refractivity contribution in [3.8, 4) is 0 Å². The van der Waals surface area contributed by atoms with E-state index in [1.807, 2.05) is 17.9 Å². The normalized spacial score (nSPS) is 30.3. The molecule has 2 N–H and O–H groups in total. The van der Waals surface area contributed by atoms with E-state index in [4.69, 9.17) is 0 Å². The molecule has 148 valence electrons. The lowest BCUT2D eigenvalue weighted by molar-refractivity contribution is -0.123. The molecule has 0 radical (unpaired) electrons. The molecular formula is C18H31Cl2N5O. The first-order valence-electron chi connectivity index (χ1n) is 9.44. The molecule has 1 amide bonds. The Morgan fingerprint density at radius 1 is 1.27 bits per heavy atom. The molecule has 0 spiro atoms. The van der Waals surface area contributed by atoms with E-state index in [-0.39, 0.29) is 36.8 Å². The number of piperidine rings is 2. The molecule has 4 rings (SSSR count). The largest absolute Gasteiger partial charge is 0.367 e. The molecule has 1 aromatic rings. The van der Waals surface area contributed by atoms with E-state index in [2.05, 4.69) is 26.8 Å². The van der Waals surface area contributed by atoms with Crippen LogP contribution in [-0.2, 0) is 11.8 Å². The average Bonchev–Trinajstić information content (AvgIpc) is 3.13. The van der Waals surface area contributed by atoms with Crippen molar-refractivity contribution in [2.24, 2.45) is 13.0 Å². The van der Waals surface area contributed by atoms with Gasteiger partial charge in [0, 0.05) is 50.9 Å². The summed E-state index contributed by atoms with van der Waals surface area (Å²) in [7, 11) is 1.94. The molecule has 1 aromatic heterocycles. The molecule has 8 heteroatoms. The highest BCUT2D eigenvalue weighted by Crippen LogP contribution is 2.32. The van der Waals surface area contributed by atoms with Crippen LogP contribution < -0.4 is 15.5 Å². The Morgan fingerprint density at radius 3 is 2.65 bits per heavy atom. The molecule has 0 saturated carbocycles. The second-order valence-corrected chi connectivity index (χ2v) is 7.90. The Balaban J connectivity index is 0.00000121. The maximum atomic E-state index is 12.5. The van der Waals surface area contributed by atoms with E-state index in [1.165, 1.54) is 25.7 Å². The van der Waals surface area contributed by atoms with Crippen LogP contribution in [0.1, 0.15) is 44.9 Å². The van der Waals surface area contributed by atoms with Crippen molar-refractivity contribution in [1.82, 2.24) is 20.4 Å². The first-order valence-corrected chi connectivity index (χ1v) is 9.44. The van der Waals surface area contributed by atoms with Crippen LogP contribution in [0.5, 0.6) is 0 Å². The summed E-state index contributed by atoms with van der Waals surface area (Å²) in [5.41, 5.74) is 1.16. The summed E-state index contributed by atoms with van der Waals surface area (Å²) in [4.78, 5) is 14.8. The number of halogens is 2. The number of carbonyl (C=O) groups excluding carboxylic acids is 1. The Labute approximate surface area is 168 Å². The smallest absolute Gasteiger partial charge is 0.220 e. The number of amides is 1. The van der Waals surface area contributed by atoms with E-state index in [0.29, 0.717) is 24.4 Å². The summed E-state index contributed by atoms with van der Waals surface area (Å²) in [6.07, 6.45) is 11.8. The van der Waals surface area contributed by atoms with Crippen molar-refractivity contribution in [2.75, 3.05) is 18.0 Å². The minimum Gasteiger partial charge on any atom is -0.367 e. The van der Waals surface area contributed by atoms with Crippen molar-refractivity contribution in [3.05, 3.63) is 12.4 Å². The lowest BCUT2D eigenvalue weighted by Crippen LogP contribution is -2.48. The Hall–Kier alpha value is -0.980. The van der Waals surface area contributed by atoms with Gasteiger partial charge in [-0.15, -0.1) is 24.8 Å². The molecule has 3 fully saturated rings. The van der Waals surface area contributed by atoms with E-state index in [1.54, 1.807) is 0 Å². The molecule has 3 unspecified atom stereocenters. The van der Waals surface area contributed by atoms with Crippen molar-refractivity contribution in [1.29, 1.82) is 0 Å². The number of fused-ring (bicyclic) bond motifs is 2. The molecule has 2 bridgehead atoms. The number of nitrogens with one attached hydrogen (secondary N) is 2. The van der Waals surface area contributed by atoms with Crippen molar-refractivity contribution >= 4 is 36.4 Å². The van der Waals surface area contributed by atoms with E-state index in [0.717, 1.165) is 31.6 Å². The van der Waals surface area contributed by atoms with Crippen LogP contribution in [0.4, 0.5) is 5.69 Å². The van der Waals surface area contributed by atoms with Gasteiger partial charge in [-0.2, -0.15) is 5.10 Å². The number of rotatable bonds is 4. The molecule has 6 nitrogen and oxygen atoms in total. The predicted octanol–water partition coefficient (Wildman–Crippen LogP) is 2.27. The fraction of sp³-hybridized carbons (Fsp3) is 0.778. The number of carbonyl (C=O) groups is 1. The maximum Gasteiger partial charge on any atom is 0.220 e. The SMILES string of the molecule is Cl.Cl.Cn1cc(N2CCCC(NC(=O)CC3CC4CCC(C3)N4)C2)cn1. The van der Waals surface area contributed by atoms with E-state index in [9.17, 15) is 4.79 Å². The lowest BCUT2D eigenvalue weighted by Gasteiger charge is -2.34. The molecule has 3 aliphatic heterocycles. The standard InChI is InChI=1S/C18H29N5O.2ClH/c1-22-12-17(10-19-22)23-6-2-3-16(11-23)21-18(24)9-13-7-14-4-5-15(8-13)20-14;;/h10,12-16,20H,2-9,11H2,1H3,(H,21,24);2*1H. The summed E-state index contributed by atoms with van der Waals surface area (Å²) in [5, 5.41) is 11.2. The molecule has 0 aromatic carbocycles. The molecule has 3 aliphatic rings. The third-order valence-electron chi connectivity index (χ3n) is 5.89. The second kappa shape index (κ2) is 9.29. The zero-order valence-corrected chi connectivity index (χ0v) is 17.0. The van der Waals surface area contributed by atoms with Crippen LogP contribution in [-0.4, -0.2) is 46.9 Å². The van der Waals surface area contributed by atoms with Crippen LogP contribution in [0.15, 0.2) is 12.4 Å². The Bertz CT molecular complexity index is 584.